The summed E-state index contributed by atoms with van der Waals surface area (Å²) in [5, 5.41) is 7.47. The molecule has 2 rings (SSSR count). The first-order chi connectivity index (χ1) is 9.11. The second kappa shape index (κ2) is 6.45. The summed E-state index contributed by atoms with van der Waals surface area (Å²) < 4.78 is 5.39. The van der Waals surface area contributed by atoms with E-state index in [-0.39, 0.29) is 12.1 Å². The molecule has 1 aromatic rings. The van der Waals surface area contributed by atoms with Crippen LogP contribution in [0.4, 0.5) is 0 Å². The van der Waals surface area contributed by atoms with Gasteiger partial charge in [0.25, 0.3) is 0 Å². The summed E-state index contributed by atoms with van der Waals surface area (Å²) in [6.45, 7) is 8.16. The van der Waals surface area contributed by atoms with Crippen LogP contribution >= 0.6 is 0 Å². The van der Waals surface area contributed by atoms with Gasteiger partial charge in [-0.05, 0) is 47.1 Å². The van der Waals surface area contributed by atoms with Crippen LogP contribution in [0.25, 0.3) is 0 Å². The largest absolute Gasteiger partial charge is 0.338 e. The Hall–Kier alpha value is -0.980. The number of nitrogens with zero attached hydrogens (tertiary/aromatic N) is 4. The van der Waals surface area contributed by atoms with Gasteiger partial charge in [-0.3, -0.25) is 4.90 Å². The Balaban J connectivity index is 2.11. The highest BCUT2D eigenvalue weighted by atomic mass is 16.5. The molecule has 1 saturated heterocycles. The standard InChI is InChI=1S/C13H25N5O/c1-5-14-10(2)13-15-12(16-19-13)11-9-17(3)7-6-8-18(11)4/h10-11,14H,5-9H2,1-4H3. The molecular weight excluding hydrogens is 242 g/mol. The first-order valence-electron chi connectivity index (χ1n) is 7.07. The molecule has 0 aromatic carbocycles. The van der Waals surface area contributed by atoms with E-state index >= 15 is 0 Å². The van der Waals surface area contributed by atoms with Crippen molar-refractivity contribution in [3.8, 4) is 0 Å². The van der Waals surface area contributed by atoms with E-state index in [1.807, 2.05) is 6.92 Å². The number of hydrogen-bond acceptors (Lipinski definition) is 6. The molecule has 6 heteroatoms. The summed E-state index contributed by atoms with van der Waals surface area (Å²) in [5.41, 5.74) is 0. The van der Waals surface area contributed by atoms with Crippen molar-refractivity contribution < 1.29 is 4.52 Å². The van der Waals surface area contributed by atoms with Crippen molar-refractivity contribution in [2.24, 2.45) is 0 Å². The number of likely N-dealkylation sites (N-methyl/N-ethyl adjacent to an activating group) is 2. The monoisotopic (exact) mass is 267 g/mol. The van der Waals surface area contributed by atoms with E-state index in [1.54, 1.807) is 0 Å². The van der Waals surface area contributed by atoms with Crippen LogP contribution in [-0.2, 0) is 0 Å². The van der Waals surface area contributed by atoms with Gasteiger partial charge in [0.15, 0.2) is 5.82 Å². The molecule has 1 aliphatic rings. The zero-order valence-corrected chi connectivity index (χ0v) is 12.4. The number of aromatic nitrogens is 2. The molecule has 0 radical (unpaired) electrons. The summed E-state index contributed by atoms with van der Waals surface area (Å²) in [6, 6.07) is 0.332. The fourth-order valence-electron chi connectivity index (χ4n) is 2.50. The Kier molecular flexibility index (Phi) is 4.90. The van der Waals surface area contributed by atoms with Gasteiger partial charge < -0.3 is 14.7 Å². The molecule has 0 saturated carbocycles. The lowest BCUT2D eigenvalue weighted by Crippen LogP contribution is -2.31. The van der Waals surface area contributed by atoms with Crippen LogP contribution in [0.3, 0.4) is 0 Å². The SMILES string of the molecule is CCNC(C)c1nc(C2CN(C)CCCN2C)no1. The zero-order chi connectivity index (χ0) is 13.8. The molecule has 0 amide bonds. The maximum atomic E-state index is 5.39. The Morgan fingerprint density at radius 1 is 1.42 bits per heavy atom. The molecule has 0 spiro atoms. The number of hydrogen-bond donors (Lipinski definition) is 1. The lowest BCUT2D eigenvalue weighted by atomic mass is 10.2. The molecule has 1 aliphatic heterocycles. The second-order valence-corrected chi connectivity index (χ2v) is 5.38. The van der Waals surface area contributed by atoms with Crippen molar-refractivity contribution in [1.82, 2.24) is 25.3 Å². The van der Waals surface area contributed by atoms with Gasteiger partial charge in [-0.2, -0.15) is 4.98 Å². The molecule has 1 fully saturated rings. The van der Waals surface area contributed by atoms with Gasteiger partial charge >= 0.3 is 0 Å². The van der Waals surface area contributed by atoms with Crippen LogP contribution in [-0.4, -0.2) is 60.2 Å². The highest BCUT2D eigenvalue weighted by Gasteiger charge is 2.27. The molecule has 0 bridgehead atoms. The molecular formula is C13H25N5O. The van der Waals surface area contributed by atoms with Crippen LogP contribution in [0.15, 0.2) is 4.52 Å². The molecule has 108 valence electrons. The van der Waals surface area contributed by atoms with Crippen LogP contribution in [0.1, 0.15) is 44.1 Å². The van der Waals surface area contributed by atoms with Gasteiger partial charge in [-0.15, -0.1) is 0 Å². The Labute approximate surface area is 115 Å². The maximum absolute atomic E-state index is 5.39. The molecule has 2 unspecified atom stereocenters. The van der Waals surface area contributed by atoms with Gasteiger partial charge in [0.05, 0.1) is 12.1 Å². The predicted octanol–water partition coefficient (Wildman–Crippen LogP) is 1.05. The van der Waals surface area contributed by atoms with E-state index in [2.05, 4.69) is 46.3 Å². The predicted molar refractivity (Wildman–Crippen MR) is 73.9 cm³/mol. The van der Waals surface area contributed by atoms with Crippen molar-refractivity contribution in [3.63, 3.8) is 0 Å². The van der Waals surface area contributed by atoms with Crippen molar-refractivity contribution in [2.45, 2.75) is 32.4 Å². The summed E-state index contributed by atoms with van der Waals surface area (Å²) in [7, 11) is 4.28. The Morgan fingerprint density at radius 3 is 2.95 bits per heavy atom. The van der Waals surface area contributed by atoms with Gasteiger partial charge in [0, 0.05) is 6.54 Å². The fraction of sp³-hybridized carbons (Fsp3) is 0.846. The van der Waals surface area contributed by atoms with Gasteiger partial charge in [-0.1, -0.05) is 12.1 Å². The van der Waals surface area contributed by atoms with Crippen molar-refractivity contribution in [2.75, 3.05) is 40.3 Å². The lowest BCUT2D eigenvalue weighted by Gasteiger charge is -2.24. The maximum Gasteiger partial charge on any atom is 0.243 e. The van der Waals surface area contributed by atoms with Crippen LogP contribution in [0.2, 0.25) is 0 Å². The second-order valence-electron chi connectivity index (χ2n) is 5.38. The minimum Gasteiger partial charge on any atom is -0.338 e. The van der Waals surface area contributed by atoms with E-state index in [4.69, 9.17) is 4.52 Å². The summed E-state index contributed by atoms with van der Waals surface area (Å²) in [5.74, 6) is 1.48. The smallest absolute Gasteiger partial charge is 0.243 e. The molecule has 6 nitrogen and oxygen atoms in total. The normalized spacial score (nSPS) is 24.3. The van der Waals surface area contributed by atoms with E-state index in [1.165, 1.54) is 6.42 Å². The third kappa shape index (κ3) is 3.52. The summed E-state index contributed by atoms with van der Waals surface area (Å²) >= 11 is 0. The first kappa shape index (κ1) is 14.4. The van der Waals surface area contributed by atoms with Crippen LogP contribution in [0, 0.1) is 0 Å². The van der Waals surface area contributed by atoms with Crippen molar-refractivity contribution >= 4 is 0 Å². The number of rotatable bonds is 4. The third-order valence-electron chi connectivity index (χ3n) is 3.70. The van der Waals surface area contributed by atoms with Crippen molar-refractivity contribution in [1.29, 1.82) is 0 Å². The summed E-state index contributed by atoms with van der Waals surface area (Å²) in [4.78, 5) is 9.22. The zero-order valence-electron chi connectivity index (χ0n) is 12.4. The van der Waals surface area contributed by atoms with Crippen molar-refractivity contribution in [3.05, 3.63) is 11.7 Å². The van der Waals surface area contributed by atoms with Crippen LogP contribution in [0.5, 0.6) is 0 Å². The van der Waals surface area contributed by atoms with Gasteiger partial charge in [0.2, 0.25) is 5.89 Å². The topological polar surface area (TPSA) is 57.4 Å². The average molecular weight is 267 g/mol. The van der Waals surface area contributed by atoms with Gasteiger partial charge in [-0.25, -0.2) is 0 Å². The molecule has 2 heterocycles. The van der Waals surface area contributed by atoms with E-state index < -0.39 is 0 Å². The molecule has 0 aliphatic carbocycles. The Morgan fingerprint density at radius 2 is 2.21 bits per heavy atom. The molecule has 1 aromatic heterocycles. The highest BCUT2D eigenvalue weighted by Crippen LogP contribution is 2.22. The lowest BCUT2D eigenvalue weighted by molar-refractivity contribution is 0.214. The van der Waals surface area contributed by atoms with E-state index in [9.17, 15) is 0 Å². The minimum atomic E-state index is 0.111. The molecule has 1 N–H and O–H groups in total. The first-order valence-corrected chi connectivity index (χ1v) is 7.07. The minimum absolute atomic E-state index is 0.111. The Bertz CT molecular complexity index is 394. The third-order valence-corrected chi connectivity index (χ3v) is 3.70. The van der Waals surface area contributed by atoms with Gasteiger partial charge in [0.1, 0.15) is 0 Å². The van der Waals surface area contributed by atoms with E-state index in [0.29, 0.717) is 5.89 Å². The average Bonchev–Trinajstić information content (AvgIpc) is 2.79. The van der Waals surface area contributed by atoms with E-state index in [0.717, 1.165) is 32.0 Å². The van der Waals surface area contributed by atoms with Crippen LogP contribution < -0.4 is 5.32 Å². The number of nitrogens with one attached hydrogen (secondary N) is 1. The molecule has 2 atom stereocenters. The molecule has 19 heavy (non-hydrogen) atoms. The summed E-state index contributed by atoms with van der Waals surface area (Å²) in [6.07, 6.45) is 1.18. The fourth-order valence-corrected chi connectivity index (χ4v) is 2.50. The quantitative estimate of drug-likeness (QED) is 0.880. The highest BCUT2D eigenvalue weighted by molar-refractivity contribution is 4.99.